The topological polar surface area (TPSA) is 92.2 Å². The van der Waals surface area contributed by atoms with E-state index in [1.54, 1.807) is 12.4 Å². The molecule has 0 aromatic carbocycles. The zero-order valence-electron chi connectivity index (χ0n) is 16.3. The molecule has 3 atom stereocenters. The number of carboxylic acid groups (broad SMARTS) is 1. The van der Waals surface area contributed by atoms with Crippen LogP contribution in [0.3, 0.4) is 0 Å². The normalized spacial score (nSPS) is 25.9. The van der Waals surface area contributed by atoms with E-state index >= 15 is 0 Å². The number of carbonyl (C=O) groups is 2. The van der Waals surface area contributed by atoms with E-state index in [2.05, 4.69) is 4.98 Å². The first-order chi connectivity index (χ1) is 14.3. The molecule has 3 aliphatic rings. The molecule has 8 nitrogen and oxygen atoms in total. The van der Waals surface area contributed by atoms with Crippen LogP contribution in [0, 0.1) is 0 Å². The monoisotopic (exact) mass is 431 g/mol. The van der Waals surface area contributed by atoms with Crippen LogP contribution >= 0.6 is 0 Å². The standard InChI is InChI=1S/C17H23N3O3.C2HF3O2/c21-17(19-8-1-2-9-19)20-10-11-22-16-14(20)5-6-15(16)23-13-4-3-7-18-12-13;3-2(4,5)1(6)7/h3-4,7,12,14-16H,1-2,5-6,8-11H2;(H,6,7)/t14-,15+,16+;/m0./s1. The largest absolute Gasteiger partial charge is 0.490 e. The lowest BCUT2D eigenvalue weighted by molar-refractivity contribution is -0.192. The second kappa shape index (κ2) is 9.50. The third kappa shape index (κ3) is 5.32. The lowest BCUT2D eigenvalue weighted by atomic mass is 10.1. The molecule has 0 unspecified atom stereocenters. The van der Waals surface area contributed by atoms with Crippen molar-refractivity contribution in [1.82, 2.24) is 14.8 Å². The number of ether oxygens (including phenoxy) is 2. The van der Waals surface area contributed by atoms with E-state index in [1.807, 2.05) is 21.9 Å². The highest BCUT2D eigenvalue weighted by Gasteiger charge is 2.46. The fraction of sp³-hybridized carbons (Fsp3) is 0.632. The Balaban J connectivity index is 0.000000318. The van der Waals surface area contributed by atoms with Gasteiger partial charge in [0, 0.05) is 25.8 Å². The number of hydrogen-bond acceptors (Lipinski definition) is 5. The number of morpholine rings is 1. The Morgan fingerprint density at radius 1 is 1.20 bits per heavy atom. The number of likely N-dealkylation sites (tertiary alicyclic amines) is 1. The van der Waals surface area contributed by atoms with Crippen LogP contribution in [0.15, 0.2) is 24.5 Å². The summed E-state index contributed by atoms with van der Waals surface area (Å²) in [5, 5.41) is 7.12. The third-order valence-corrected chi connectivity index (χ3v) is 5.32. The van der Waals surface area contributed by atoms with Gasteiger partial charge in [-0.3, -0.25) is 4.98 Å². The minimum atomic E-state index is -5.08. The van der Waals surface area contributed by atoms with Crippen LogP contribution < -0.4 is 4.74 Å². The fourth-order valence-electron chi connectivity index (χ4n) is 3.96. The molecule has 0 radical (unpaired) electrons. The van der Waals surface area contributed by atoms with Crippen LogP contribution in [0.2, 0.25) is 0 Å². The summed E-state index contributed by atoms with van der Waals surface area (Å²) in [6.07, 6.45) is 2.44. The van der Waals surface area contributed by atoms with E-state index in [1.165, 1.54) is 0 Å². The maximum absolute atomic E-state index is 12.8. The second-order valence-corrected chi connectivity index (χ2v) is 7.30. The van der Waals surface area contributed by atoms with Gasteiger partial charge in [-0.05, 0) is 37.8 Å². The van der Waals surface area contributed by atoms with E-state index in [0.717, 1.165) is 44.5 Å². The molecular weight excluding hydrogens is 407 g/mol. The summed E-state index contributed by atoms with van der Waals surface area (Å²) in [7, 11) is 0. The molecule has 1 saturated carbocycles. The second-order valence-electron chi connectivity index (χ2n) is 7.30. The van der Waals surface area contributed by atoms with Crippen LogP contribution in [0.4, 0.5) is 18.0 Å². The van der Waals surface area contributed by atoms with E-state index < -0.39 is 12.1 Å². The number of carboxylic acids is 1. The summed E-state index contributed by atoms with van der Waals surface area (Å²) in [5.74, 6) is -1.99. The number of carbonyl (C=O) groups excluding carboxylic acids is 1. The molecule has 1 N–H and O–H groups in total. The first kappa shape index (κ1) is 22.1. The van der Waals surface area contributed by atoms with Gasteiger partial charge in [0.05, 0.1) is 18.8 Å². The van der Waals surface area contributed by atoms with Gasteiger partial charge in [0.15, 0.2) is 0 Å². The van der Waals surface area contributed by atoms with Gasteiger partial charge >= 0.3 is 18.2 Å². The van der Waals surface area contributed by atoms with Crippen molar-refractivity contribution >= 4 is 12.0 Å². The van der Waals surface area contributed by atoms with E-state index in [-0.39, 0.29) is 24.3 Å². The SMILES string of the molecule is O=C(N1CCCC1)N1CCO[C@H]2[C@H](Oc3cccnc3)CC[C@@H]21.O=C(O)C(F)(F)F. The van der Waals surface area contributed by atoms with Gasteiger partial charge in [0.2, 0.25) is 0 Å². The number of aromatic nitrogens is 1. The Labute approximate surface area is 171 Å². The highest BCUT2D eigenvalue weighted by molar-refractivity contribution is 5.75. The Morgan fingerprint density at radius 2 is 1.90 bits per heavy atom. The smallest absolute Gasteiger partial charge is 0.486 e. The van der Waals surface area contributed by atoms with E-state index in [4.69, 9.17) is 19.4 Å². The molecule has 0 spiro atoms. The summed E-state index contributed by atoms with van der Waals surface area (Å²) >= 11 is 0. The first-order valence-corrected chi connectivity index (χ1v) is 9.81. The average molecular weight is 431 g/mol. The molecular formula is C19H24F3N3O5. The summed E-state index contributed by atoms with van der Waals surface area (Å²) in [6.45, 7) is 3.07. The molecule has 1 aliphatic carbocycles. The van der Waals surface area contributed by atoms with Crippen molar-refractivity contribution in [2.45, 2.75) is 50.1 Å². The van der Waals surface area contributed by atoms with E-state index in [9.17, 15) is 18.0 Å². The Bertz CT molecular complexity index is 728. The van der Waals surface area contributed by atoms with Crippen LogP contribution in [0.1, 0.15) is 25.7 Å². The number of aliphatic carboxylic acids is 1. The van der Waals surface area contributed by atoms with Gasteiger partial charge in [0.25, 0.3) is 0 Å². The zero-order chi connectivity index (χ0) is 21.7. The molecule has 3 heterocycles. The van der Waals surface area contributed by atoms with Crippen molar-refractivity contribution in [1.29, 1.82) is 0 Å². The number of halogens is 3. The highest BCUT2D eigenvalue weighted by Crippen LogP contribution is 2.33. The van der Waals surface area contributed by atoms with Crippen molar-refractivity contribution in [3.63, 3.8) is 0 Å². The number of hydrogen-bond donors (Lipinski definition) is 1. The minimum Gasteiger partial charge on any atom is -0.486 e. The molecule has 166 valence electrons. The number of nitrogens with zero attached hydrogens (tertiary/aromatic N) is 3. The van der Waals surface area contributed by atoms with Crippen molar-refractivity contribution in [2.24, 2.45) is 0 Å². The van der Waals surface area contributed by atoms with Crippen LogP contribution in [-0.2, 0) is 9.53 Å². The highest BCUT2D eigenvalue weighted by atomic mass is 19.4. The summed E-state index contributed by atoms with van der Waals surface area (Å²) in [4.78, 5) is 29.7. The summed E-state index contributed by atoms with van der Waals surface area (Å²) < 4.78 is 43.8. The van der Waals surface area contributed by atoms with E-state index in [0.29, 0.717) is 13.2 Å². The molecule has 2 saturated heterocycles. The van der Waals surface area contributed by atoms with Gasteiger partial charge in [-0.1, -0.05) is 0 Å². The number of pyridine rings is 1. The lowest BCUT2D eigenvalue weighted by Crippen LogP contribution is -2.57. The molecule has 1 aromatic heterocycles. The number of alkyl halides is 3. The Hall–Kier alpha value is -2.56. The van der Waals surface area contributed by atoms with Crippen LogP contribution in [0.5, 0.6) is 5.75 Å². The van der Waals surface area contributed by atoms with Crippen molar-refractivity contribution < 1.29 is 37.3 Å². The number of fused-ring (bicyclic) bond motifs is 1. The fourth-order valence-corrected chi connectivity index (χ4v) is 3.96. The minimum absolute atomic E-state index is 0.00150. The molecule has 4 rings (SSSR count). The average Bonchev–Trinajstić information content (AvgIpc) is 3.38. The predicted octanol–water partition coefficient (Wildman–Crippen LogP) is 2.54. The van der Waals surface area contributed by atoms with Gasteiger partial charge in [-0.2, -0.15) is 13.2 Å². The number of rotatable bonds is 2. The molecule has 3 fully saturated rings. The molecule has 11 heteroatoms. The Kier molecular flexibility index (Phi) is 7.01. The van der Waals surface area contributed by atoms with Crippen molar-refractivity contribution in [3.8, 4) is 5.75 Å². The lowest BCUT2D eigenvalue weighted by Gasteiger charge is -2.40. The quantitative estimate of drug-likeness (QED) is 0.774. The van der Waals surface area contributed by atoms with Crippen LogP contribution in [-0.4, -0.2) is 82.6 Å². The van der Waals surface area contributed by atoms with Gasteiger partial charge in [-0.15, -0.1) is 0 Å². The van der Waals surface area contributed by atoms with Crippen LogP contribution in [0.25, 0.3) is 0 Å². The number of amides is 2. The third-order valence-electron chi connectivity index (χ3n) is 5.32. The molecule has 2 aliphatic heterocycles. The molecule has 30 heavy (non-hydrogen) atoms. The van der Waals surface area contributed by atoms with Gasteiger partial charge in [0.1, 0.15) is 18.0 Å². The Morgan fingerprint density at radius 3 is 2.50 bits per heavy atom. The maximum Gasteiger partial charge on any atom is 0.490 e. The zero-order valence-corrected chi connectivity index (χ0v) is 16.3. The van der Waals surface area contributed by atoms with Gasteiger partial charge < -0.3 is 24.4 Å². The van der Waals surface area contributed by atoms with Crippen molar-refractivity contribution in [2.75, 3.05) is 26.2 Å². The maximum atomic E-state index is 12.8. The molecule has 0 bridgehead atoms. The molecule has 1 aromatic rings. The van der Waals surface area contributed by atoms with Crippen molar-refractivity contribution in [3.05, 3.63) is 24.5 Å². The number of urea groups is 1. The first-order valence-electron chi connectivity index (χ1n) is 9.81. The summed E-state index contributed by atoms with van der Waals surface area (Å²) in [5.41, 5.74) is 0. The molecule has 2 amide bonds. The summed E-state index contributed by atoms with van der Waals surface area (Å²) in [6, 6.07) is 4.10. The van der Waals surface area contributed by atoms with Gasteiger partial charge in [-0.25, -0.2) is 9.59 Å². The predicted molar refractivity (Wildman–Crippen MR) is 98.0 cm³/mol.